The number of rotatable bonds is 1. The molecule has 0 aliphatic carbocycles. The molecule has 0 aliphatic rings. The predicted molar refractivity (Wildman–Crippen MR) is 51.2 cm³/mol. The Kier molecular flexibility index (Phi) is 8.43. The van der Waals surface area contributed by atoms with E-state index < -0.39 is 23.2 Å². The third-order valence-corrected chi connectivity index (χ3v) is 1.32. The Morgan fingerprint density at radius 1 is 1.19 bits per heavy atom. The van der Waals surface area contributed by atoms with Gasteiger partial charge in [-0.1, -0.05) is 0 Å². The normalized spacial score (nSPS) is 8.38. The van der Waals surface area contributed by atoms with Crippen LogP contribution in [0.1, 0.15) is 17.3 Å². The molecule has 0 amide bonds. The van der Waals surface area contributed by atoms with Crippen molar-refractivity contribution in [2.75, 3.05) is 6.61 Å². The van der Waals surface area contributed by atoms with Crippen molar-refractivity contribution in [3.63, 3.8) is 0 Å². The number of aromatic hydroxyl groups is 3. The van der Waals surface area contributed by atoms with Crippen LogP contribution in [0.2, 0.25) is 0 Å². The summed E-state index contributed by atoms with van der Waals surface area (Å²) < 4.78 is 0. The Labute approximate surface area is 105 Å². The molecular formula is C9H12O6Zn. The molecule has 0 radical (unpaired) electrons. The third kappa shape index (κ3) is 4.95. The molecule has 86 valence electrons. The van der Waals surface area contributed by atoms with Crippen molar-refractivity contribution in [2.24, 2.45) is 0 Å². The minimum Gasteiger partial charge on any atom is -0.504 e. The second-order valence-corrected chi connectivity index (χ2v) is 2.48. The van der Waals surface area contributed by atoms with E-state index >= 15 is 0 Å². The van der Waals surface area contributed by atoms with Crippen molar-refractivity contribution in [1.29, 1.82) is 0 Å². The fraction of sp³-hybridized carbons (Fsp3) is 0.222. The fourth-order valence-corrected chi connectivity index (χ4v) is 0.728. The van der Waals surface area contributed by atoms with Crippen LogP contribution >= 0.6 is 0 Å². The average Bonchev–Trinajstić information content (AvgIpc) is 2.14. The van der Waals surface area contributed by atoms with Gasteiger partial charge in [0, 0.05) is 26.1 Å². The topological polar surface area (TPSA) is 118 Å². The van der Waals surface area contributed by atoms with Gasteiger partial charge < -0.3 is 25.5 Å². The monoisotopic (exact) mass is 280 g/mol. The van der Waals surface area contributed by atoms with E-state index in [1.54, 1.807) is 6.92 Å². The Hall–Kier alpha value is -1.33. The van der Waals surface area contributed by atoms with Crippen molar-refractivity contribution in [3.05, 3.63) is 17.7 Å². The zero-order chi connectivity index (χ0) is 12.0. The van der Waals surface area contributed by atoms with E-state index in [2.05, 4.69) is 0 Å². The van der Waals surface area contributed by atoms with Crippen LogP contribution in [0.3, 0.4) is 0 Å². The first-order chi connectivity index (χ1) is 6.93. The summed E-state index contributed by atoms with van der Waals surface area (Å²) in [7, 11) is 0. The molecule has 5 N–H and O–H groups in total. The number of phenolic OH excluding ortho intramolecular Hbond substituents is 3. The fourth-order valence-electron chi connectivity index (χ4n) is 0.728. The molecule has 0 unspecified atom stereocenters. The third-order valence-electron chi connectivity index (χ3n) is 1.32. The summed E-state index contributed by atoms with van der Waals surface area (Å²) in [4.78, 5) is 10.3. The SMILES string of the molecule is CCO.O=C(O)c1cc(O)c(O)c(O)c1.[Zn]. The van der Waals surface area contributed by atoms with E-state index in [9.17, 15) is 4.79 Å². The summed E-state index contributed by atoms with van der Waals surface area (Å²) in [6, 6.07) is 1.69. The van der Waals surface area contributed by atoms with Crippen LogP contribution in [0.25, 0.3) is 0 Å². The van der Waals surface area contributed by atoms with E-state index in [-0.39, 0.29) is 31.6 Å². The largest absolute Gasteiger partial charge is 0.504 e. The maximum atomic E-state index is 10.3. The van der Waals surface area contributed by atoms with Crippen LogP contribution < -0.4 is 0 Å². The quantitative estimate of drug-likeness (QED) is 0.378. The second-order valence-electron chi connectivity index (χ2n) is 2.48. The Morgan fingerprint density at radius 3 is 1.75 bits per heavy atom. The summed E-state index contributed by atoms with van der Waals surface area (Å²) in [5.74, 6) is -3.33. The first-order valence-electron chi connectivity index (χ1n) is 4.03. The first-order valence-corrected chi connectivity index (χ1v) is 4.03. The van der Waals surface area contributed by atoms with Crippen LogP contribution in [-0.2, 0) is 19.5 Å². The molecule has 7 heteroatoms. The molecule has 6 nitrogen and oxygen atoms in total. The van der Waals surface area contributed by atoms with Crippen LogP contribution in [0.15, 0.2) is 12.1 Å². The van der Waals surface area contributed by atoms with E-state index in [0.29, 0.717) is 0 Å². The van der Waals surface area contributed by atoms with Crippen LogP contribution in [0, 0.1) is 0 Å². The molecule has 0 bridgehead atoms. The zero-order valence-electron chi connectivity index (χ0n) is 8.71. The second kappa shape index (κ2) is 7.90. The Balaban J connectivity index is 0. The summed E-state index contributed by atoms with van der Waals surface area (Å²) in [6.07, 6.45) is 0. The smallest absolute Gasteiger partial charge is 0.335 e. The number of carbonyl (C=O) groups is 1. The number of benzene rings is 1. The van der Waals surface area contributed by atoms with Crippen molar-refractivity contribution in [2.45, 2.75) is 6.92 Å². The van der Waals surface area contributed by atoms with E-state index in [1.165, 1.54) is 0 Å². The van der Waals surface area contributed by atoms with Crippen LogP contribution in [0.4, 0.5) is 0 Å². The van der Waals surface area contributed by atoms with Crippen molar-refractivity contribution in [3.8, 4) is 17.2 Å². The predicted octanol–water partition coefficient (Wildman–Crippen LogP) is 0.498. The molecule has 1 aromatic carbocycles. The van der Waals surface area contributed by atoms with Gasteiger partial charge in [-0.3, -0.25) is 0 Å². The number of aromatic carboxylic acids is 1. The zero-order valence-corrected chi connectivity index (χ0v) is 11.7. The molecule has 0 saturated carbocycles. The minimum absolute atomic E-state index is 0. The molecule has 1 rings (SSSR count). The van der Waals surface area contributed by atoms with Gasteiger partial charge in [0.25, 0.3) is 0 Å². The summed E-state index contributed by atoms with van der Waals surface area (Å²) in [5.41, 5.74) is -0.289. The van der Waals surface area contributed by atoms with Gasteiger partial charge in [-0.05, 0) is 19.1 Å². The van der Waals surface area contributed by atoms with Crippen LogP contribution in [0.5, 0.6) is 17.2 Å². The number of aliphatic hydroxyl groups is 1. The minimum atomic E-state index is -1.29. The van der Waals surface area contributed by atoms with Gasteiger partial charge in [0.05, 0.1) is 5.56 Å². The Bertz CT molecular complexity index is 329. The van der Waals surface area contributed by atoms with E-state index in [0.717, 1.165) is 12.1 Å². The number of carboxylic acid groups (broad SMARTS) is 1. The van der Waals surface area contributed by atoms with Crippen molar-refractivity contribution < 1.29 is 49.8 Å². The van der Waals surface area contributed by atoms with Gasteiger partial charge in [-0.2, -0.15) is 0 Å². The molecule has 0 atom stereocenters. The van der Waals surface area contributed by atoms with Gasteiger partial charge in [0.1, 0.15) is 0 Å². The molecule has 0 fully saturated rings. The number of hydrogen-bond donors (Lipinski definition) is 5. The van der Waals surface area contributed by atoms with E-state index in [4.69, 9.17) is 25.5 Å². The van der Waals surface area contributed by atoms with Gasteiger partial charge in [0.2, 0.25) is 0 Å². The van der Waals surface area contributed by atoms with Gasteiger partial charge in [-0.25, -0.2) is 4.79 Å². The van der Waals surface area contributed by atoms with E-state index in [1.807, 2.05) is 0 Å². The standard InChI is InChI=1S/C7H6O5.C2H6O.Zn/c8-4-1-3(7(11)12)2-5(9)6(4)10;1-2-3;/h1-2,8-10H,(H,11,12);3H,2H2,1H3;. The van der Waals surface area contributed by atoms with Crippen LogP contribution in [-0.4, -0.2) is 38.1 Å². The molecule has 0 aliphatic heterocycles. The number of hydrogen-bond acceptors (Lipinski definition) is 5. The van der Waals surface area contributed by atoms with Gasteiger partial charge in [-0.15, -0.1) is 0 Å². The number of phenols is 3. The molecule has 0 heterocycles. The molecule has 0 spiro atoms. The summed E-state index contributed by atoms with van der Waals surface area (Å²) >= 11 is 0. The maximum Gasteiger partial charge on any atom is 0.335 e. The average molecular weight is 282 g/mol. The summed E-state index contributed by atoms with van der Waals surface area (Å²) in [5, 5.41) is 42.5. The van der Waals surface area contributed by atoms with Crippen molar-refractivity contribution >= 4 is 5.97 Å². The molecular weight excluding hydrogens is 269 g/mol. The number of aliphatic hydroxyl groups excluding tert-OH is 1. The maximum absolute atomic E-state index is 10.3. The molecule has 16 heavy (non-hydrogen) atoms. The van der Waals surface area contributed by atoms with Gasteiger partial charge >= 0.3 is 5.97 Å². The Morgan fingerprint density at radius 2 is 1.50 bits per heavy atom. The summed E-state index contributed by atoms with van der Waals surface area (Å²) in [6.45, 7) is 1.93. The number of carboxylic acids is 1. The van der Waals surface area contributed by atoms with Gasteiger partial charge in [0.15, 0.2) is 17.2 Å². The first kappa shape index (κ1) is 17.1. The molecule has 1 aromatic rings. The molecule has 0 aromatic heterocycles. The van der Waals surface area contributed by atoms with Crippen molar-refractivity contribution in [1.82, 2.24) is 0 Å². The molecule has 0 saturated heterocycles.